The van der Waals surface area contributed by atoms with E-state index in [1.807, 2.05) is 4.90 Å². The van der Waals surface area contributed by atoms with Gasteiger partial charge in [0.05, 0.1) is 11.5 Å². The molecule has 3 rings (SSSR count). The average molecular weight is 410 g/mol. The first-order chi connectivity index (χ1) is 13.3. The Morgan fingerprint density at radius 2 is 1.96 bits per heavy atom. The van der Waals surface area contributed by atoms with Crippen LogP contribution in [0.25, 0.3) is 0 Å². The van der Waals surface area contributed by atoms with E-state index in [-0.39, 0.29) is 10.6 Å². The number of benzene rings is 1. The molecule has 1 saturated heterocycles. The summed E-state index contributed by atoms with van der Waals surface area (Å²) in [6.45, 7) is 5.15. The standard InChI is InChI=1S/C20H28FN3O3S/c1-15-12-23(14-22)9-10-24(15)17-5-3-16(4-6-17)13-27-20-8-7-18(11-19(20)21)28(2,25)26/h7-8,11,15-17H,3-6,9-10,12-13H2,1-2H3. The maximum absolute atomic E-state index is 14.1. The van der Waals surface area contributed by atoms with Crippen molar-refractivity contribution in [3.05, 3.63) is 24.0 Å². The zero-order chi connectivity index (χ0) is 20.3. The SMILES string of the molecule is CC1CN(C#N)CCN1C1CCC(COc2ccc(S(C)(=O)=O)cc2F)CC1. The molecule has 0 aromatic heterocycles. The lowest BCUT2D eigenvalue weighted by atomic mass is 9.85. The molecule has 1 atom stereocenters. The lowest BCUT2D eigenvalue weighted by Gasteiger charge is -2.44. The summed E-state index contributed by atoms with van der Waals surface area (Å²) >= 11 is 0. The molecule has 1 unspecified atom stereocenters. The molecule has 8 heteroatoms. The van der Waals surface area contributed by atoms with Crippen LogP contribution in [-0.2, 0) is 9.84 Å². The lowest BCUT2D eigenvalue weighted by molar-refractivity contribution is 0.0427. The van der Waals surface area contributed by atoms with Crippen LogP contribution < -0.4 is 4.74 Å². The zero-order valence-electron chi connectivity index (χ0n) is 16.5. The maximum Gasteiger partial charge on any atom is 0.179 e. The second kappa shape index (κ2) is 8.66. The topological polar surface area (TPSA) is 73.6 Å². The highest BCUT2D eigenvalue weighted by Gasteiger charge is 2.32. The molecule has 2 fully saturated rings. The Kier molecular flexibility index (Phi) is 6.46. The van der Waals surface area contributed by atoms with Crippen LogP contribution in [0.3, 0.4) is 0 Å². The molecule has 1 aromatic carbocycles. The molecule has 1 heterocycles. The lowest BCUT2D eigenvalue weighted by Crippen LogP contribution is -2.54. The van der Waals surface area contributed by atoms with Gasteiger partial charge in [-0.25, -0.2) is 12.8 Å². The molecule has 1 aliphatic heterocycles. The van der Waals surface area contributed by atoms with Crippen molar-refractivity contribution in [3.8, 4) is 11.9 Å². The molecular weight excluding hydrogens is 381 g/mol. The van der Waals surface area contributed by atoms with E-state index >= 15 is 0 Å². The molecule has 2 aliphatic rings. The van der Waals surface area contributed by atoms with Crippen LogP contribution in [0.2, 0.25) is 0 Å². The Bertz CT molecular complexity index is 832. The summed E-state index contributed by atoms with van der Waals surface area (Å²) in [6.07, 6.45) is 7.52. The summed E-state index contributed by atoms with van der Waals surface area (Å²) in [5, 5.41) is 9.05. The Hall–Kier alpha value is -1.85. The number of piperazine rings is 1. The summed E-state index contributed by atoms with van der Waals surface area (Å²) in [5.74, 6) is -0.155. The minimum absolute atomic E-state index is 0.0385. The Labute approximate surface area is 166 Å². The molecule has 28 heavy (non-hydrogen) atoms. The van der Waals surface area contributed by atoms with Crippen LogP contribution >= 0.6 is 0 Å². The molecule has 1 aliphatic carbocycles. The fourth-order valence-electron chi connectivity index (χ4n) is 4.29. The van der Waals surface area contributed by atoms with E-state index in [4.69, 9.17) is 10.00 Å². The fourth-order valence-corrected chi connectivity index (χ4v) is 4.92. The molecule has 0 radical (unpaired) electrons. The minimum atomic E-state index is -3.43. The van der Waals surface area contributed by atoms with E-state index in [0.29, 0.717) is 24.6 Å². The van der Waals surface area contributed by atoms with E-state index in [9.17, 15) is 12.8 Å². The first-order valence-electron chi connectivity index (χ1n) is 9.80. The van der Waals surface area contributed by atoms with Gasteiger partial charge in [-0.1, -0.05) is 0 Å². The van der Waals surface area contributed by atoms with Crippen molar-refractivity contribution in [2.24, 2.45) is 5.92 Å². The van der Waals surface area contributed by atoms with Crippen LogP contribution in [0.1, 0.15) is 32.6 Å². The summed E-state index contributed by atoms with van der Waals surface area (Å²) < 4.78 is 42.8. The summed E-state index contributed by atoms with van der Waals surface area (Å²) in [5.41, 5.74) is 0. The number of rotatable bonds is 5. The van der Waals surface area contributed by atoms with Gasteiger partial charge in [-0.05, 0) is 56.7 Å². The molecule has 0 N–H and O–H groups in total. The predicted octanol–water partition coefficient (Wildman–Crippen LogP) is 2.65. The third-order valence-electron chi connectivity index (χ3n) is 5.91. The van der Waals surface area contributed by atoms with E-state index in [1.54, 1.807) is 0 Å². The molecule has 0 spiro atoms. The largest absolute Gasteiger partial charge is 0.490 e. The quantitative estimate of drug-likeness (QED) is 0.696. The number of ether oxygens (including phenoxy) is 1. The highest BCUT2D eigenvalue weighted by atomic mass is 32.2. The van der Waals surface area contributed by atoms with Crippen LogP contribution in [0.5, 0.6) is 5.75 Å². The van der Waals surface area contributed by atoms with Crippen LogP contribution in [0.4, 0.5) is 4.39 Å². The molecular formula is C20H28FN3O3S. The Morgan fingerprint density at radius 1 is 1.25 bits per heavy atom. The third-order valence-corrected chi connectivity index (χ3v) is 7.02. The molecule has 0 amide bonds. The van der Waals surface area contributed by atoms with Crippen molar-refractivity contribution < 1.29 is 17.5 Å². The Morgan fingerprint density at radius 3 is 2.54 bits per heavy atom. The van der Waals surface area contributed by atoms with Gasteiger partial charge in [0.25, 0.3) is 0 Å². The van der Waals surface area contributed by atoms with E-state index in [0.717, 1.165) is 57.6 Å². The molecule has 6 nitrogen and oxygen atoms in total. The first-order valence-corrected chi connectivity index (χ1v) is 11.7. The fraction of sp³-hybridized carbons (Fsp3) is 0.650. The Balaban J connectivity index is 1.48. The van der Waals surface area contributed by atoms with Crippen molar-refractivity contribution in [2.45, 2.75) is 49.6 Å². The highest BCUT2D eigenvalue weighted by Crippen LogP contribution is 2.31. The van der Waals surface area contributed by atoms with Gasteiger partial charge in [0.1, 0.15) is 0 Å². The number of hydrogen-bond acceptors (Lipinski definition) is 6. The summed E-state index contributed by atoms with van der Waals surface area (Å²) in [7, 11) is -3.43. The summed E-state index contributed by atoms with van der Waals surface area (Å²) in [6, 6.07) is 4.72. The first kappa shape index (κ1) is 20.9. The number of hydrogen-bond donors (Lipinski definition) is 0. The van der Waals surface area contributed by atoms with Gasteiger partial charge in [0.2, 0.25) is 0 Å². The van der Waals surface area contributed by atoms with Gasteiger partial charge in [-0.2, -0.15) is 5.26 Å². The van der Waals surface area contributed by atoms with Gasteiger partial charge < -0.3 is 9.64 Å². The van der Waals surface area contributed by atoms with Crippen molar-refractivity contribution in [3.63, 3.8) is 0 Å². The van der Waals surface area contributed by atoms with Gasteiger partial charge >= 0.3 is 0 Å². The third kappa shape index (κ3) is 4.95. The van der Waals surface area contributed by atoms with E-state index in [1.165, 1.54) is 12.1 Å². The molecule has 0 bridgehead atoms. The second-order valence-electron chi connectivity index (χ2n) is 7.98. The van der Waals surface area contributed by atoms with Gasteiger partial charge in [-0.15, -0.1) is 0 Å². The van der Waals surface area contributed by atoms with Crippen molar-refractivity contribution in [2.75, 3.05) is 32.5 Å². The smallest absolute Gasteiger partial charge is 0.179 e. The number of nitriles is 1. The van der Waals surface area contributed by atoms with Crippen molar-refractivity contribution >= 4 is 9.84 Å². The van der Waals surface area contributed by atoms with Crippen LogP contribution in [0, 0.1) is 23.2 Å². The van der Waals surface area contributed by atoms with Crippen molar-refractivity contribution in [1.29, 1.82) is 5.26 Å². The highest BCUT2D eigenvalue weighted by molar-refractivity contribution is 7.90. The summed E-state index contributed by atoms with van der Waals surface area (Å²) in [4.78, 5) is 4.31. The van der Waals surface area contributed by atoms with E-state index in [2.05, 4.69) is 18.0 Å². The van der Waals surface area contributed by atoms with Crippen molar-refractivity contribution in [1.82, 2.24) is 9.80 Å². The monoisotopic (exact) mass is 409 g/mol. The van der Waals surface area contributed by atoms with E-state index < -0.39 is 15.7 Å². The van der Waals surface area contributed by atoms with Crippen LogP contribution in [0.15, 0.2) is 23.1 Å². The predicted molar refractivity (Wildman–Crippen MR) is 104 cm³/mol. The van der Waals surface area contributed by atoms with Crippen LogP contribution in [-0.4, -0.2) is 62.8 Å². The van der Waals surface area contributed by atoms with Gasteiger partial charge in [0, 0.05) is 38.0 Å². The number of nitrogens with zero attached hydrogens (tertiary/aromatic N) is 3. The number of halogens is 1. The average Bonchev–Trinajstić information content (AvgIpc) is 2.66. The van der Waals surface area contributed by atoms with Gasteiger partial charge in [0.15, 0.2) is 27.6 Å². The normalized spacial score (nSPS) is 26.6. The second-order valence-corrected chi connectivity index (χ2v) is 10.00. The molecule has 154 valence electrons. The molecule has 1 saturated carbocycles. The minimum Gasteiger partial charge on any atom is -0.490 e. The molecule has 1 aromatic rings. The number of sulfone groups is 1. The van der Waals surface area contributed by atoms with Gasteiger partial charge in [-0.3, -0.25) is 4.90 Å². The zero-order valence-corrected chi connectivity index (χ0v) is 17.3. The maximum atomic E-state index is 14.1.